The van der Waals surface area contributed by atoms with Crippen LogP contribution >= 0.6 is 34.0 Å². The number of rotatable bonds is 4. The van der Waals surface area contributed by atoms with Gasteiger partial charge in [-0.05, 0) is 52.1 Å². The van der Waals surface area contributed by atoms with E-state index in [-0.39, 0.29) is 0 Å². The molecule has 6 heteroatoms. The Bertz CT molecular complexity index is 3990. The second-order valence-electron chi connectivity index (χ2n) is 15.6. The summed E-state index contributed by atoms with van der Waals surface area (Å²) in [6, 6.07) is 64.6. The molecule has 0 radical (unpaired) electrons. The summed E-state index contributed by atoms with van der Waals surface area (Å²) in [7, 11) is 0. The topological polar surface area (TPSA) is 33.1 Å². The number of hydrogen-bond donors (Lipinski definition) is 0. The van der Waals surface area contributed by atoms with Gasteiger partial charge in [0.1, 0.15) is 6.07 Å². The largest absolute Gasteiger partial charge is 0.316 e. The molecule has 3 nitrogen and oxygen atoms in total. The van der Waals surface area contributed by atoms with E-state index in [1.807, 2.05) is 36.4 Å². The van der Waals surface area contributed by atoms with Crippen molar-refractivity contribution in [2.75, 3.05) is 0 Å². The van der Waals surface area contributed by atoms with Gasteiger partial charge in [-0.1, -0.05) is 152 Å². The molecule has 0 aliphatic heterocycles. The molecule has 0 saturated carbocycles. The fourth-order valence-electron chi connectivity index (χ4n) is 9.95. The van der Waals surface area contributed by atoms with Gasteiger partial charge in [0.15, 0.2) is 0 Å². The van der Waals surface area contributed by atoms with E-state index < -0.39 is 0 Å². The first-order chi connectivity index (χ1) is 30.7. The van der Waals surface area contributed by atoms with Crippen molar-refractivity contribution in [3.63, 3.8) is 0 Å². The van der Waals surface area contributed by atoms with E-state index in [2.05, 4.69) is 150 Å². The Hall–Kier alpha value is -7.58. The van der Waals surface area contributed by atoms with Crippen LogP contribution in [0.4, 0.5) is 5.69 Å². The Morgan fingerprint density at radius 3 is 1.48 bits per heavy atom. The molecule has 0 spiro atoms. The Balaban J connectivity index is 1.35. The molecule has 9 aromatic carbocycles. The molecule has 0 saturated heterocycles. The van der Waals surface area contributed by atoms with Crippen molar-refractivity contribution in [3.8, 4) is 45.1 Å². The van der Waals surface area contributed by atoms with Crippen LogP contribution < -0.4 is 0 Å². The van der Waals surface area contributed by atoms with Gasteiger partial charge in [-0.15, -0.1) is 34.0 Å². The summed E-state index contributed by atoms with van der Waals surface area (Å²) in [5, 5.41) is 21.1. The first kappa shape index (κ1) is 35.2. The molecule has 0 amide bonds. The zero-order valence-corrected chi connectivity index (χ0v) is 35.3. The highest BCUT2D eigenvalue weighted by atomic mass is 32.1. The first-order valence-electron chi connectivity index (χ1n) is 20.4. The van der Waals surface area contributed by atoms with Gasteiger partial charge < -0.3 is 4.57 Å². The van der Waals surface area contributed by atoms with Gasteiger partial charge in [0.2, 0.25) is 5.69 Å². The monoisotopic (exact) mass is 839 g/mol. The summed E-state index contributed by atoms with van der Waals surface area (Å²) < 4.78 is 9.46. The van der Waals surface area contributed by atoms with Crippen molar-refractivity contribution < 1.29 is 0 Å². The SMILES string of the molecule is [C-]#[N+]c1c(-c2cccc3sc4ccccc4c23)c(-c2ccccc2)c(C#N)c(-c2ccccc2)c1-n1c2c(ccc3c4ccccc4sc32)c2ccc3c4ccccc4sc3c21. The lowest BCUT2D eigenvalue weighted by Gasteiger charge is -2.25. The molecule has 0 bridgehead atoms. The number of hydrogen-bond acceptors (Lipinski definition) is 4. The quantitative estimate of drug-likeness (QED) is 0.163. The predicted octanol–water partition coefficient (Wildman–Crippen LogP) is 17.3. The van der Waals surface area contributed by atoms with Crippen molar-refractivity contribution in [2.45, 2.75) is 0 Å². The van der Waals surface area contributed by atoms with Crippen LogP contribution in [-0.4, -0.2) is 4.57 Å². The molecule has 62 heavy (non-hydrogen) atoms. The first-order valence-corrected chi connectivity index (χ1v) is 22.9. The molecule has 4 aromatic heterocycles. The van der Waals surface area contributed by atoms with Crippen molar-refractivity contribution >= 4 is 122 Å². The van der Waals surface area contributed by atoms with E-state index in [9.17, 15) is 11.8 Å². The highest BCUT2D eigenvalue weighted by molar-refractivity contribution is 7.27. The Morgan fingerprint density at radius 2 is 0.919 bits per heavy atom. The number of fused-ring (bicyclic) bond motifs is 14. The van der Waals surface area contributed by atoms with Gasteiger partial charge in [-0.2, -0.15) is 5.26 Å². The zero-order chi connectivity index (χ0) is 41.1. The van der Waals surface area contributed by atoms with Crippen LogP contribution in [0.5, 0.6) is 0 Å². The van der Waals surface area contributed by atoms with Gasteiger partial charge in [0.05, 0.1) is 38.3 Å². The van der Waals surface area contributed by atoms with Crippen LogP contribution in [0.3, 0.4) is 0 Å². The van der Waals surface area contributed by atoms with Gasteiger partial charge >= 0.3 is 0 Å². The molecule has 0 aliphatic carbocycles. The maximum atomic E-state index is 11.9. The third-order valence-corrected chi connectivity index (χ3v) is 16.0. The predicted molar refractivity (Wildman–Crippen MR) is 267 cm³/mol. The minimum atomic E-state index is 0.513. The maximum Gasteiger partial charge on any atom is 0.219 e. The summed E-state index contributed by atoms with van der Waals surface area (Å²) in [6.07, 6.45) is 0. The van der Waals surface area contributed by atoms with Crippen molar-refractivity contribution in [3.05, 3.63) is 193 Å². The fraction of sp³-hybridized carbons (Fsp3) is 0. The summed E-state index contributed by atoms with van der Waals surface area (Å²) in [6.45, 7) is 9.51. The Kier molecular flexibility index (Phi) is 7.64. The molecule has 13 rings (SSSR count). The van der Waals surface area contributed by atoms with Crippen LogP contribution in [0, 0.1) is 17.9 Å². The third kappa shape index (κ3) is 4.83. The summed E-state index contributed by atoms with van der Waals surface area (Å²) >= 11 is 5.36. The maximum absolute atomic E-state index is 11.9. The molecule has 13 aromatic rings. The summed E-state index contributed by atoms with van der Waals surface area (Å²) in [4.78, 5) is 4.71. The minimum Gasteiger partial charge on any atom is -0.316 e. The number of nitrogens with zero attached hydrogens (tertiary/aromatic N) is 3. The highest BCUT2D eigenvalue weighted by Gasteiger charge is 2.32. The Labute approximate surface area is 367 Å². The van der Waals surface area contributed by atoms with Crippen LogP contribution in [0.15, 0.2) is 176 Å². The highest BCUT2D eigenvalue weighted by Crippen LogP contribution is 2.56. The molecule has 0 atom stereocenters. The van der Waals surface area contributed by atoms with Crippen molar-refractivity contribution in [1.29, 1.82) is 5.26 Å². The number of nitriles is 1. The van der Waals surface area contributed by atoms with Crippen LogP contribution in [-0.2, 0) is 0 Å². The van der Waals surface area contributed by atoms with E-state index in [0.717, 1.165) is 85.7 Å². The molecule has 286 valence electrons. The molecule has 0 unspecified atom stereocenters. The molecule has 0 fully saturated rings. The molecule has 0 N–H and O–H groups in total. The second kappa shape index (κ2) is 13.5. The van der Waals surface area contributed by atoms with Crippen LogP contribution in [0.1, 0.15) is 5.56 Å². The fourth-order valence-corrected chi connectivity index (χ4v) is 13.6. The molecular formula is C56H29N3S3. The molecule has 4 heterocycles. The average Bonchev–Trinajstić information content (AvgIpc) is 4.10. The van der Waals surface area contributed by atoms with E-state index in [4.69, 9.17) is 4.85 Å². The number of benzene rings is 9. The lowest BCUT2D eigenvalue weighted by molar-refractivity contribution is 1.20. The van der Waals surface area contributed by atoms with Crippen molar-refractivity contribution in [1.82, 2.24) is 4.57 Å². The number of aromatic nitrogens is 1. The van der Waals surface area contributed by atoms with Gasteiger partial charge in [-0.25, -0.2) is 4.85 Å². The second-order valence-corrected chi connectivity index (χ2v) is 18.8. The third-order valence-electron chi connectivity index (χ3n) is 12.5. The van der Waals surface area contributed by atoms with E-state index in [1.54, 1.807) is 34.0 Å². The normalized spacial score (nSPS) is 11.8. The van der Waals surface area contributed by atoms with Gasteiger partial charge in [-0.3, -0.25) is 0 Å². The lowest BCUT2D eigenvalue weighted by Crippen LogP contribution is -2.05. The van der Waals surface area contributed by atoms with Gasteiger partial charge in [0, 0.05) is 67.5 Å². The van der Waals surface area contributed by atoms with E-state index in [1.165, 1.54) is 35.6 Å². The van der Waals surface area contributed by atoms with Gasteiger partial charge in [0.25, 0.3) is 0 Å². The summed E-state index contributed by atoms with van der Waals surface area (Å²) in [5.74, 6) is 0. The van der Waals surface area contributed by atoms with E-state index in [0.29, 0.717) is 11.3 Å². The average molecular weight is 840 g/mol. The molecule has 0 aliphatic rings. The molecular weight excluding hydrogens is 811 g/mol. The van der Waals surface area contributed by atoms with Crippen molar-refractivity contribution in [2.24, 2.45) is 0 Å². The minimum absolute atomic E-state index is 0.513. The van der Waals surface area contributed by atoms with Crippen LogP contribution in [0.2, 0.25) is 0 Å². The van der Waals surface area contributed by atoms with E-state index >= 15 is 0 Å². The zero-order valence-electron chi connectivity index (χ0n) is 32.8. The smallest absolute Gasteiger partial charge is 0.219 e. The lowest BCUT2D eigenvalue weighted by atomic mass is 9.82. The summed E-state index contributed by atoms with van der Waals surface area (Å²) in [5.41, 5.74) is 8.89. The number of thiophene rings is 3. The standard InChI is InChI=1S/C56H29N3S3/c1-58-51-50(41-22-14-26-46-49(41)40-21-10-13-25-45(40)60-46)47(32-15-4-2-5-16-32)42(31-57)48(33-17-6-3-7-18-33)54(51)59-52-36(27-29-38-34-19-8-11-23-43(34)61-55(38)52)37-28-30-39-35-20-9-12-24-44(35)62-56(39)53(37)59/h2-30H. The Morgan fingerprint density at radius 1 is 0.435 bits per heavy atom. The van der Waals surface area contributed by atoms with Crippen LogP contribution in [0.25, 0.3) is 126 Å².